The van der Waals surface area contributed by atoms with Crippen LogP contribution in [0, 0.1) is 5.41 Å². The number of rotatable bonds is 2. The number of carbonyl (C=O) groups excluding carboxylic acids is 1. The zero-order chi connectivity index (χ0) is 14.0. The van der Waals surface area contributed by atoms with Crippen molar-refractivity contribution < 1.29 is 4.79 Å². The summed E-state index contributed by atoms with van der Waals surface area (Å²) in [4.78, 5) is 18.6. The molecule has 3 heterocycles. The van der Waals surface area contributed by atoms with Crippen LogP contribution in [0.25, 0.3) is 0 Å². The molecule has 0 bridgehead atoms. The normalized spacial score (nSPS) is 27.6. The van der Waals surface area contributed by atoms with Crippen LogP contribution < -0.4 is 5.32 Å². The summed E-state index contributed by atoms with van der Waals surface area (Å²) in [6.45, 7) is 3.73. The molecule has 20 heavy (non-hydrogen) atoms. The van der Waals surface area contributed by atoms with Crippen LogP contribution in [0.1, 0.15) is 31.2 Å². The first-order valence-electron chi connectivity index (χ1n) is 7.28. The van der Waals surface area contributed by atoms with E-state index in [9.17, 15) is 4.79 Å². The van der Waals surface area contributed by atoms with Crippen LogP contribution in [0.5, 0.6) is 0 Å². The zero-order valence-corrected chi connectivity index (χ0v) is 12.3. The lowest BCUT2D eigenvalue weighted by Crippen LogP contribution is -2.32. The van der Waals surface area contributed by atoms with Crippen molar-refractivity contribution in [3.63, 3.8) is 0 Å². The van der Waals surface area contributed by atoms with E-state index >= 15 is 0 Å². The average Bonchev–Trinajstić information content (AvgIpc) is 2.65. The molecule has 0 radical (unpaired) electrons. The van der Waals surface area contributed by atoms with E-state index in [1.165, 1.54) is 0 Å². The molecule has 0 aliphatic carbocycles. The largest absolute Gasteiger partial charge is 0.356 e. The van der Waals surface area contributed by atoms with E-state index in [0.29, 0.717) is 5.02 Å². The first kappa shape index (κ1) is 13.8. The number of aromatic nitrogens is 1. The SMILES string of the molecule is O=C1NCC[C@@]12CCCN(Cc1cncc(Cl)c1)CC2. The van der Waals surface area contributed by atoms with Gasteiger partial charge in [-0.15, -0.1) is 0 Å². The Morgan fingerprint density at radius 1 is 1.30 bits per heavy atom. The summed E-state index contributed by atoms with van der Waals surface area (Å²) in [5, 5.41) is 3.68. The van der Waals surface area contributed by atoms with E-state index < -0.39 is 0 Å². The Morgan fingerprint density at radius 3 is 2.95 bits per heavy atom. The summed E-state index contributed by atoms with van der Waals surface area (Å²) in [6, 6.07) is 1.97. The molecule has 2 aliphatic heterocycles. The van der Waals surface area contributed by atoms with Gasteiger partial charge in [0.25, 0.3) is 0 Å². The molecule has 0 aromatic carbocycles. The van der Waals surface area contributed by atoms with Crippen LogP contribution in [0.3, 0.4) is 0 Å². The van der Waals surface area contributed by atoms with Gasteiger partial charge in [-0.1, -0.05) is 11.6 Å². The molecule has 1 spiro atoms. The van der Waals surface area contributed by atoms with E-state index in [1.54, 1.807) is 6.20 Å². The van der Waals surface area contributed by atoms with Gasteiger partial charge in [0.05, 0.1) is 10.4 Å². The third-order valence-electron chi connectivity index (χ3n) is 4.57. The van der Waals surface area contributed by atoms with Crippen molar-refractivity contribution in [2.45, 2.75) is 32.2 Å². The maximum absolute atomic E-state index is 12.1. The minimum Gasteiger partial charge on any atom is -0.356 e. The number of pyridine rings is 1. The van der Waals surface area contributed by atoms with E-state index in [4.69, 9.17) is 11.6 Å². The molecular weight excluding hydrogens is 274 g/mol. The van der Waals surface area contributed by atoms with Crippen molar-refractivity contribution >= 4 is 17.5 Å². The molecule has 1 aromatic heterocycles. The Morgan fingerprint density at radius 2 is 2.20 bits per heavy atom. The van der Waals surface area contributed by atoms with Gasteiger partial charge in [-0.05, 0) is 50.4 Å². The standard InChI is InChI=1S/C15H20ClN3O/c16-13-8-12(9-17-10-13)11-19-6-1-2-15(4-7-19)3-5-18-14(15)20/h8-10H,1-7,11H2,(H,18,20)/t15-/m1/s1. The number of hydrogen-bond donors (Lipinski definition) is 1. The second kappa shape index (κ2) is 5.70. The van der Waals surface area contributed by atoms with Gasteiger partial charge in [0, 0.05) is 25.5 Å². The van der Waals surface area contributed by atoms with Gasteiger partial charge in [-0.2, -0.15) is 0 Å². The van der Waals surface area contributed by atoms with E-state index in [2.05, 4.69) is 15.2 Å². The lowest BCUT2D eigenvalue weighted by atomic mass is 9.79. The highest BCUT2D eigenvalue weighted by Crippen LogP contribution is 2.38. The third-order valence-corrected chi connectivity index (χ3v) is 4.78. The Kier molecular flexibility index (Phi) is 3.94. The number of hydrogen-bond acceptors (Lipinski definition) is 3. The molecule has 2 fully saturated rings. The smallest absolute Gasteiger partial charge is 0.226 e. The Balaban J connectivity index is 1.64. The number of likely N-dealkylation sites (tertiary alicyclic amines) is 1. The first-order chi connectivity index (χ1) is 9.68. The molecule has 3 rings (SSSR count). The number of carbonyl (C=O) groups is 1. The molecule has 108 valence electrons. The van der Waals surface area contributed by atoms with Gasteiger partial charge < -0.3 is 5.32 Å². The molecule has 0 unspecified atom stereocenters. The lowest BCUT2D eigenvalue weighted by molar-refractivity contribution is -0.128. The second-order valence-electron chi connectivity index (χ2n) is 5.93. The van der Waals surface area contributed by atoms with Crippen LogP contribution in [-0.2, 0) is 11.3 Å². The Hall–Kier alpha value is -1.13. The van der Waals surface area contributed by atoms with Gasteiger partial charge >= 0.3 is 0 Å². The summed E-state index contributed by atoms with van der Waals surface area (Å²) < 4.78 is 0. The number of halogens is 1. The summed E-state index contributed by atoms with van der Waals surface area (Å²) in [5.74, 6) is 0.267. The molecule has 1 N–H and O–H groups in total. The molecule has 1 atom stereocenters. The van der Waals surface area contributed by atoms with Crippen molar-refractivity contribution in [3.8, 4) is 0 Å². The maximum atomic E-state index is 12.1. The van der Waals surface area contributed by atoms with Crippen molar-refractivity contribution in [2.24, 2.45) is 5.41 Å². The Bertz CT molecular complexity index is 508. The Labute approximate surface area is 124 Å². The van der Waals surface area contributed by atoms with E-state index in [1.807, 2.05) is 12.3 Å². The fourth-order valence-electron chi connectivity index (χ4n) is 3.40. The molecule has 0 saturated carbocycles. The molecule has 4 nitrogen and oxygen atoms in total. The van der Waals surface area contributed by atoms with Crippen LogP contribution in [0.2, 0.25) is 5.02 Å². The quantitative estimate of drug-likeness (QED) is 0.909. The molecule has 1 aromatic rings. The molecule has 2 aliphatic rings. The van der Waals surface area contributed by atoms with Crippen LogP contribution >= 0.6 is 11.6 Å². The van der Waals surface area contributed by atoms with Crippen molar-refractivity contribution in [1.29, 1.82) is 0 Å². The maximum Gasteiger partial charge on any atom is 0.226 e. The zero-order valence-electron chi connectivity index (χ0n) is 11.6. The predicted octanol–water partition coefficient (Wildman–Crippen LogP) is 2.23. The summed E-state index contributed by atoms with van der Waals surface area (Å²) in [6.07, 6.45) is 7.59. The van der Waals surface area contributed by atoms with Crippen LogP contribution in [-0.4, -0.2) is 35.4 Å². The second-order valence-corrected chi connectivity index (χ2v) is 6.36. The van der Waals surface area contributed by atoms with Gasteiger partial charge in [-0.25, -0.2) is 0 Å². The van der Waals surface area contributed by atoms with Gasteiger partial charge in [0.1, 0.15) is 0 Å². The highest BCUT2D eigenvalue weighted by atomic mass is 35.5. The molecule has 2 saturated heterocycles. The fraction of sp³-hybridized carbons (Fsp3) is 0.600. The highest BCUT2D eigenvalue weighted by molar-refractivity contribution is 6.30. The lowest BCUT2D eigenvalue weighted by Gasteiger charge is -2.24. The van der Waals surface area contributed by atoms with Crippen molar-refractivity contribution in [1.82, 2.24) is 15.2 Å². The van der Waals surface area contributed by atoms with Crippen molar-refractivity contribution in [2.75, 3.05) is 19.6 Å². The molecule has 1 amide bonds. The van der Waals surface area contributed by atoms with Gasteiger partial charge in [0.2, 0.25) is 5.91 Å². The van der Waals surface area contributed by atoms with Gasteiger partial charge in [-0.3, -0.25) is 14.7 Å². The number of nitrogens with zero attached hydrogens (tertiary/aromatic N) is 2. The predicted molar refractivity (Wildman–Crippen MR) is 78.4 cm³/mol. The summed E-state index contributed by atoms with van der Waals surface area (Å²) >= 11 is 5.98. The fourth-order valence-corrected chi connectivity index (χ4v) is 3.60. The minimum absolute atomic E-state index is 0.0959. The number of amides is 1. The van der Waals surface area contributed by atoms with Crippen molar-refractivity contribution in [3.05, 3.63) is 29.0 Å². The minimum atomic E-state index is -0.0959. The first-order valence-corrected chi connectivity index (χ1v) is 7.66. The van der Waals surface area contributed by atoms with E-state index in [0.717, 1.165) is 57.4 Å². The summed E-state index contributed by atoms with van der Waals surface area (Å²) in [7, 11) is 0. The van der Waals surface area contributed by atoms with E-state index in [-0.39, 0.29) is 11.3 Å². The topological polar surface area (TPSA) is 45.2 Å². The third kappa shape index (κ3) is 2.81. The average molecular weight is 294 g/mol. The van der Waals surface area contributed by atoms with Crippen LogP contribution in [0.4, 0.5) is 0 Å². The molecule has 5 heteroatoms. The monoisotopic (exact) mass is 293 g/mol. The van der Waals surface area contributed by atoms with Gasteiger partial charge in [0.15, 0.2) is 0 Å². The highest BCUT2D eigenvalue weighted by Gasteiger charge is 2.42. The van der Waals surface area contributed by atoms with Crippen LogP contribution in [0.15, 0.2) is 18.5 Å². The summed E-state index contributed by atoms with van der Waals surface area (Å²) in [5.41, 5.74) is 1.05. The molecular formula is C15H20ClN3O. The number of nitrogens with one attached hydrogen (secondary N) is 1.